The predicted molar refractivity (Wildman–Crippen MR) is 130 cm³/mol. The van der Waals surface area contributed by atoms with Crippen molar-refractivity contribution >= 4 is 33.2 Å². The highest BCUT2D eigenvalue weighted by atomic mass is 32.2. The molecule has 180 valence electrons. The predicted octanol–water partition coefficient (Wildman–Crippen LogP) is 3.26. The number of nitrogens with one attached hydrogen (secondary N) is 1. The Bertz CT molecular complexity index is 1040. The Balaban J connectivity index is 1.76. The van der Waals surface area contributed by atoms with Crippen molar-refractivity contribution in [2.24, 2.45) is 11.1 Å². The molecule has 3 rings (SSSR count). The van der Waals surface area contributed by atoms with E-state index in [9.17, 15) is 23.6 Å². The number of likely N-dealkylation sites (tertiary alicyclic amines) is 1. The topological polar surface area (TPSA) is 139 Å². The zero-order valence-corrected chi connectivity index (χ0v) is 20.1. The number of primary sulfonamides is 1. The molecule has 0 bridgehead atoms. The summed E-state index contributed by atoms with van der Waals surface area (Å²) in [5.74, 6) is 0.333. The highest BCUT2D eigenvalue weighted by Crippen LogP contribution is 2.33. The summed E-state index contributed by atoms with van der Waals surface area (Å²) >= 11 is 1.75. The van der Waals surface area contributed by atoms with Gasteiger partial charge < -0.3 is 10.4 Å². The smallest absolute Gasteiger partial charge is 0.293 e. The van der Waals surface area contributed by atoms with Gasteiger partial charge in [0.15, 0.2) is 0 Å². The van der Waals surface area contributed by atoms with E-state index < -0.39 is 14.9 Å². The van der Waals surface area contributed by atoms with Gasteiger partial charge in [0.1, 0.15) is 5.69 Å². The quantitative estimate of drug-likeness (QED) is 0.260. The number of hydrogen-bond donors (Lipinski definition) is 3. The normalized spacial score (nSPS) is 17.4. The van der Waals surface area contributed by atoms with Gasteiger partial charge in [-0.2, -0.15) is 0 Å². The second-order valence-corrected chi connectivity index (χ2v) is 11.1. The van der Waals surface area contributed by atoms with Crippen LogP contribution in [0.3, 0.4) is 0 Å². The molecule has 9 nitrogen and oxygen atoms in total. The Labute approximate surface area is 198 Å². The minimum absolute atomic E-state index is 0.124. The van der Waals surface area contributed by atoms with Gasteiger partial charge in [-0.15, -0.1) is 11.8 Å². The highest BCUT2D eigenvalue weighted by molar-refractivity contribution is 7.99. The number of benzene rings is 2. The second-order valence-electron chi connectivity index (χ2n) is 8.31. The number of hydrogen-bond acceptors (Lipinski definition) is 8. The third-order valence-electron chi connectivity index (χ3n) is 5.78. The monoisotopic (exact) mass is 494 g/mol. The summed E-state index contributed by atoms with van der Waals surface area (Å²) in [6.07, 6.45) is 2.58. The molecule has 2 atom stereocenters. The molecular weight excluding hydrogens is 464 g/mol. The van der Waals surface area contributed by atoms with E-state index in [1.165, 1.54) is 12.1 Å². The number of thioether (sulfide) groups is 1. The first kappa shape index (κ1) is 25.4. The minimum Gasteiger partial charge on any atom is -0.396 e. The van der Waals surface area contributed by atoms with E-state index in [0.717, 1.165) is 36.9 Å². The molecule has 1 saturated heterocycles. The molecule has 0 aliphatic carbocycles. The zero-order valence-electron chi connectivity index (χ0n) is 18.5. The highest BCUT2D eigenvalue weighted by Gasteiger charge is 2.28. The molecule has 0 saturated carbocycles. The van der Waals surface area contributed by atoms with Crippen LogP contribution in [0, 0.1) is 16.0 Å². The van der Waals surface area contributed by atoms with E-state index in [1.54, 1.807) is 11.8 Å². The Morgan fingerprint density at radius 2 is 1.91 bits per heavy atom. The Kier molecular flexibility index (Phi) is 8.71. The summed E-state index contributed by atoms with van der Waals surface area (Å²) in [5, 5.41) is 29.5. The van der Waals surface area contributed by atoms with Gasteiger partial charge in [-0.05, 0) is 69.5 Å². The number of aliphatic hydroxyl groups is 1. The van der Waals surface area contributed by atoms with Crippen molar-refractivity contribution < 1.29 is 18.4 Å². The maximum Gasteiger partial charge on any atom is 0.293 e. The number of nitrogens with two attached hydrogens (primary N) is 1. The van der Waals surface area contributed by atoms with Gasteiger partial charge in [-0.25, -0.2) is 13.6 Å². The molecular formula is C22H30N4O5S2. The third-order valence-corrected chi connectivity index (χ3v) is 8.00. The van der Waals surface area contributed by atoms with Crippen molar-refractivity contribution in [2.75, 3.05) is 25.0 Å². The van der Waals surface area contributed by atoms with Crippen molar-refractivity contribution in [3.8, 4) is 0 Å². The molecule has 11 heteroatoms. The lowest BCUT2D eigenvalue weighted by Crippen LogP contribution is -2.42. The first-order valence-corrected chi connectivity index (χ1v) is 13.2. The zero-order chi connectivity index (χ0) is 24.0. The number of nitro benzene ring substituents is 1. The fourth-order valence-electron chi connectivity index (χ4n) is 3.94. The van der Waals surface area contributed by atoms with Gasteiger partial charge in [0.2, 0.25) is 10.0 Å². The van der Waals surface area contributed by atoms with Crippen LogP contribution in [-0.2, 0) is 10.0 Å². The van der Waals surface area contributed by atoms with Crippen LogP contribution in [0.1, 0.15) is 26.2 Å². The van der Waals surface area contributed by atoms with E-state index in [4.69, 9.17) is 5.14 Å². The number of anilines is 1. The van der Waals surface area contributed by atoms with Crippen LogP contribution in [0.2, 0.25) is 0 Å². The number of nitrogens with zero attached hydrogens (tertiary/aromatic N) is 2. The molecule has 1 aliphatic heterocycles. The van der Waals surface area contributed by atoms with Gasteiger partial charge >= 0.3 is 0 Å². The molecule has 1 fully saturated rings. The molecule has 1 aliphatic rings. The third kappa shape index (κ3) is 7.15. The van der Waals surface area contributed by atoms with Crippen LogP contribution < -0.4 is 10.5 Å². The van der Waals surface area contributed by atoms with Gasteiger partial charge in [0, 0.05) is 23.6 Å². The van der Waals surface area contributed by atoms with E-state index in [0.29, 0.717) is 12.3 Å². The van der Waals surface area contributed by atoms with Crippen molar-refractivity contribution in [3.63, 3.8) is 0 Å². The number of sulfonamides is 1. The van der Waals surface area contributed by atoms with E-state index >= 15 is 0 Å². The van der Waals surface area contributed by atoms with Crippen molar-refractivity contribution in [1.29, 1.82) is 0 Å². The van der Waals surface area contributed by atoms with Crippen LogP contribution in [0.15, 0.2) is 58.3 Å². The molecule has 2 aromatic carbocycles. The lowest BCUT2D eigenvalue weighted by atomic mass is 9.97. The molecule has 0 radical (unpaired) electrons. The maximum absolute atomic E-state index is 11.6. The van der Waals surface area contributed by atoms with Gasteiger partial charge in [0.25, 0.3) is 5.69 Å². The molecule has 1 heterocycles. The Hall–Kier alpha value is -2.18. The number of piperidine rings is 1. The average Bonchev–Trinajstić information content (AvgIpc) is 2.78. The van der Waals surface area contributed by atoms with Crippen LogP contribution in [0.25, 0.3) is 0 Å². The largest absolute Gasteiger partial charge is 0.396 e. The van der Waals surface area contributed by atoms with E-state index in [2.05, 4.69) is 22.3 Å². The molecule has 4 N–H and O–H groups in total. The summed E-state index contributed by atoms with van der Waals surface area (Å²) < 4.78 is 23.2. The fourth-order valence-corrected chi connectivity index (χ4v) is 5.85. The lowest BCUT2D eigenvalue weighted by Gasteiger charge is -2.38. The van der Waals surface area contributed by atoms with E-state index in [-0.39, 0.29) is 34.3 Å². The van der Waals surface area contributed by atoms with Crippen molar-refractivity contribution in [1.82, 2.24) is 4.90 Å². The average molecular weight is 495 g/mol. The molecule has 33 heavy (non-hydrogen) atoms. The van der Waals surface area contributed by atoms with Crippen molar-refractivity contribution in [2.45, 2.75) is 47.4 Å². The van der Waals surface area contributed by atoms with Crippen LogP contribution in [0.4, 0.5) is 11.4 Å². The molecule has 0 unspecified atom stereocenters. The van der Waals surface area contributed by atoms with E-state index in [1.807, 2.05) is 25.1 Å². The summed E-state index contributed by atoms with van der Waals surface area (Å²) in [5.41, 5.74) is -0.0771. The Morgan fingerprint density at radius 3 is 2.48 bits per heavy atom. The lowest BCUT2D eigenvalue weighted by molar-refractivity contribution is -0.384. The SMILES string of the molecule is C[C@H](C[C@H](Sc1ccccc1)N1CCC(CO)CC1)Nc1ccc(S(N)(=O)=O)cc1[N+](=O)[O-]. The standard InChI is InChI=1S/C22H30N4O5S2/c1-16(24-20-8-7-19(33(23,30)31)14-21(20)26(28)29)13-22(32-18-5-3-2-4-6-18)25-11-9-17(15-27)10-12-25/h2-8,14,16-17,22,24,27H,9-13,15H2,1H3,(H2,23,30,31)/t16-,22+/m1/s1. The summed E-state index contributed by atoms with van der Waals surface area (Å²) in [4.78, 5) is 14.2. The minimum atomic E-state index is -4.04. The first-order chi connectivity index (χ1) is 15.7. The molecule has 0 aromatic heterocycles. The molecule has 0 spiro atoms. The van der Waals surface area contributed by atoms with Gasteiger partial charge in [-0.1, -0.05) is 18.2 Å². The summed E-state index contributed by atoms with van der Waals surface area (Å²) in [7, 11) is -4.04. The number of rotatable bonds is 10. The maximum atomic E-state index is 11.6. The van der Waals surface area contributed by atoms with Gasteiger partial charge in [-0.3, -0.25) is 15.0 Å². The number of nitro groups is 1. The first-order valence-electron chi connectivity index (χ1n) is 10.8. The number of aliphatic hydroxyl groups excluding tert-OH is 1. The van der Waals surface area contributed by atoms with Crippen molar-refractivity contribution in [3.05, 3.63) is 58.6 Å². The summed E-state index contributed by atoms with van der Waals surface area (Å²) in [6.45, 7) is 3.92. The van der Waals surface area contributed by atoms with Crippen LogP contribution in [-0.4, -0.2) is 54.5 Å². The van der Waals surface area contributed by atoms with Crippen LogP contribution in [0.5, 0.6) is 0 Å². The fraction of sp³-hybridized carbons (Fsp3) is 0.455. The Morgan fingerprint density at radius 1 is 1.24 bits per heavy atom. The molecule has 0 amide bonds. The second kappa shape index (κ2) is 11.3. The van der Waals surface area contributed by atoms with Gasteiger partial charge in [0.05, 0.1) is 15.2 Å². The summed E-state index contributed by atoms with van der Waals surface area (Å²) in [6, 6.07) is 13.6. The molecule has 2 aromatic rings. The van der Waals surface area contributed by atoms with Crippen LogP contribution >= 0.6 is 11.8 Å².